The van der Waals surface area contributed by atoms with Gasteiger partial charge in [0.2, 0.25) is 0 Å². The van der Waals surface area contributed by atoms with Crippen LogP contribution in [0.1, 0.15) is 37.3 Å². The second-order valence-electron chi connectivity index (χ2n) is 5.90. The van der Waals surface area contributed by atoms with Crippen molar-refractivity contribution < 1.29 is 9.90 Å². The van der Waals surface area contributed by atoms with Crippen molar-refractivity contribution in [1.82, 2.24) is 9.97 Å². The van der Waals surface area contributed by atoms with Gasteiger partial charge >= 0.3 is 5.97 Å². The van der Waals surface area contributed by atoms with Gasteiger partial charge in [0.15, 0.2) is 5.82 Å². The summed E-state index contributed by atoms with van der Waals surface area (Å²) in [5.74, 6) is -0.198. The van der Waals surface area contributed by atoms with Gasteiger partial charge in [-0.3, -0.25) is 0 Å². The Kier molecular flexibility index (Phi) is 7.57. The highest BCUT2D eigenvalue weighted by atomic mass is 16.4. The van der Waals surface area contributed by atoms with Crippen LogP contribution in [-0.2, 0) is 17.6 Å². The molecule has 1 aromatic carbocycles. The number of hydrogen-bond acceptors (Lipinski definition) is 3. The van der Waals surface area contributed by atoms with Crippen molar-refractivity contribution in [1.29, 1.82) is 0 Å². The number of benzene rings is 1. The van der Waals surface area contributed by atoms with Crippen LogP contribution in [0, 0.1) is 0 Å². The van der Waals surface area contributed by atoms with Crippen molar-refractivity contribution in [3.8, 4) is 11.4 Å². The molecule has 0 bridgehead atoms. The van der Waals surface area contributed by atoms with Crippen molar-refractivity contribution in [2.75, 3.05) is 0 Å². The smallest absolute Gasteiger partial charge is 0.328 e. The molecule has 0 aliphatic heterocycles. The molecule has 0 saturated carbocycles. The van der Waals surface area contributed by atoms with E-state index in [4.69, 9.17) is 5.11 Å². The first-order chi connectivity index (χ1) is 12.2. The quantitative estimate of drug-likeness (QED) is 0.412. The van der Waals surface area contributed by atoms with Crippen LogP contribution < -0.4 is 0 Å². The number of aliphatic carboxylic acids is 1. The molecular weight excluding hydrogens is 312 g/mol. The van der Waals surface area contributed by atoms with E-state index in [9.17, 15) is 4.79 Å². The summed E-state index contributed by atoms with van der Waals surface area (Å²) in [4.78, 5) is 19.3. The van der Waals surface area contributed by atoms with E-state index >= 15 is 0 Å². The molecule has 1 aromatic heterocycles. The molecule has 25 heavy (non-hydrogen) atoms. The van der Waals surface area contributed by atoms with Crippen LogP contribution >= 0.6 is 0 Å². The van der Waals surface area contributed by atoms with Crippen molar-refractivity contribution in [2.45, 2.75) is 39.0 Å². The first kappa shape index (κ1) is 18.6. The maximum Gasteiger partial charge on any atom is 0.328 e. The molecule has 0 radical (unpaired) electrons. The Morgan fingerprint density at radius 2 is 1.76 bits per heavy atom. The van der Waals surface area contributed by atoms with Crippen LogP contribution in [0.15, 0.2) is 61.0 Å². The zero-order chi connectivity index (χ0) is 17.9. The van der Waals surface area contributed by atoms with Crippen LogP contribution in [0.2, 0.25) is 0 Å². The summed E-state index contributed by atoms with van der Waals surface area (Å²) in [6, 6.07) is 8.11. The first-order valence-corrected chi connectivity index (χ1v) is 8.65. The third-order valence-electron chi connectivity index (χ3n) is 3.83. The van der Waals surface area contributed by atoms with E-state index in [0.717, 1.165) is 35.9 Å². The monoisotopic (exact) mass is 336 g/mol. The molecule has 0 fully saturated rings. The van der Waals surface area contributed by atoms with Crippen molar-refractivity contribution in [2.24, 2.45) is 0 Å². The zero-order valence-electron chi connectivity index (χ0n) is 14.6. The van der Waals surface area contributed by atoms with Gasteiger partial charge in [0.05, 0.1) is 0 Å². The van der Waals surface area contributed by atoms with E-state index < -0.39 is 5.97 Å². The average molecular weight is 336 g/mol. The van der Waals surface area contributed by atoms with Crippen LogP contribution in [0.5, 0.6) is 0 Å². The molecule has 0 spiro atoms. The molecule has 4 heteroatoms. The number of aromatic nitrogens is 2. The molecule has 0 atom stereocenters. The first-order valence-electron chi connectivity index (χ1n) is 8.65. The molecule has 1 heterocycles. The average Bonchev–Trinajstić information content (AvgIpc) is 2.63. The third kappa shape index (κ3) is 6.71. The van der Waals surface area contributed by atoms with Crippen molar-refractivity contribution in [3.05, 3.63) is 72.1 Å². The van der Waals surface area contributed by atoms with Crippen LogP contribution in [0.3, 0.4) is 0 Å². The summed E-state index contributed by atoms with van der Waals surface area (Å²) in [5, 5.41) is 8.51. The predicted octanol–water partition coefficient (Wildman–Crippen LogP) is 4.62. The Morgan fingerprint density at radius 1 is 1.04 bits per heavy atom. The second-order valence-corrected chi connectivity index (χ2v) is 5.90. The van der Waals surface area contributed by atoms with E-state index in [2.05, 4.69) is 16.9 Å². The molecule has 0 unspecified atom stereocenters. The normalized spacial score (nSPS) is 11.4. The number of carboxylic acid groups (broad SMARTS) is 1. The van der Waals surface area contributed by atoms with Gasteiger partial charge in [-0.2, -0.15) is 0 Å². The van der Waals surface area contributed by atoms with Crippen molar-refractivity contribution in [3.63, 3.8) is 0 Å². The number of carbonyl (C=O) groups is 1. The lowest BCUT2D eigenvalue weighted by Crippen LogP contribution is -1.93. The minimum atomic E-state index is -0.939. The largest absolute Gasteiger partial charge is 0.478 e. The van der Waals surface area contributed by atoms with E-state index in [-0.39, 0.29) is 0 Å². The third-order valence-corrected chi connectivity index (χ3v) is 3.83. The predicted molar refractivity (Wildman–Crippen MR) is 100 cm³/mol. The summed E-state index contributed by atoms with van der Waals surface area (Å²) in [7, 11) is 0. The highest BCUT2D eigenvalue weighted by molar-refractivity contribution is 5.80. The molecule has 1 N–H and O–H groups in total. The zero-order valence-corrected chi connectivity index (χ0v) is 14.6. The molecule has 0 amide bonds. The standard InChI is InChI=1S/C21H24N2O2/c1-2-3-5-9-18-15-22-21(23-16-18)19-13-11-17(12-14-19)8-6-4-7-10-20(24)25/h4,6-7,10-16H,2-3,5,8-9H2,1H3,(H,24,25)/b6-4+,10-7+. The van der Waals surface area contributed by atoms with E-state index in [1.54, 1.807) is 6.08 Å². The topological polar surface area (TPSA) is 63.1 Å². The van der Waals surface area contributed by atoms with Gasteiger partial charge in [0.1, 0.15) is 0 Å². The number of unbranched alkanes of at least 4 members (excludes halogenated alkanes) is 2. The lowest BCUT2D eigenvalue weighted by atomic mass is 10.1. The molecule has 0 aliphatic rings. The Balaban J connectivity index is 1.91. The molecule has 0 aliphatic carbocycles. The number of hydrogen-bond donors (Lipinski definition) is 1. The summed E-state index contributed by atoms with van der Waals surface area (Å²) < 4.78 is 0. The maximum absolute atomic E-state index is 10.4. The van der Waals surface area contributed by atoms with E-state index in [1.807, 2.05) is 42.7 Å². The van der Waals surface area contributed by atoms with Gasteiger partial charge < -0.3 is 5.11 Å². The summed E-state index contributed by atoms with van der Waals surface area (Å²) in [6.07, 6.45) is 15.6. The molecule has 4 nitrogen and oxygen atoms in total. The molecular formula is C21H24N2O2. The van der Waals surface area contributed by atoms with Crippen molar-refractivity contribution >= 4 is 5.97 Å². The fraction of sp³-hybridized carbons (Fsp3) is 0.286. The number of allylic oxidation sites excluding steroid dienone is 3. The summed E-state index contributed by atoms with van der Waals surface area (Å²) >= 11 is 0. The van der Waals surface area contributed by atoms with E-state index in [0.29, 0.717) is 0 Å². The molecule has 2 rings (SSSR count). The Hall–Kier alpha value is -2.75. The van der Waals surface area contributed by atoms with Gasteiger partial charge in [0.25, 0.3) is 0 Å². The summed E-state index contributed by atoms with van der Waals surface area (Å²) in [6.45, 7) is 2.20. The lowest BCUT2D eigenvalue weighted by Gasteiger charge is -2.04. The molecule has 130 valence electrons. The summed E-state index contributed by atoms with van der Waals surface area (Å²) in [5.41, 5.74) is 3.34. The number of carboxylic acids is 1. The SMILES string of the molecule is CCCCCc1cnc(-c2ccc(C/C=C/C=C/C(=O)O)cc2)nc1. The lowest BCUT2D eigenvalue weighted by molar-refractivity contribution is -0.131. The number of aryl methyl sites for hydroxylation is 1. The minimum Gasteiger partial charge on any atom is -0.478 e. The highest BCUT2D eigenvalue weighted by Gasteiger charge is 2.02. The van der Waals surface area contributed by atoms with Gasteiger partial charge in [-0.25, -0.2) is 14.8 Å². The van der Waals surface area contributed by atoms with E-state index in [1.165, 1.54) is 30.9 Å². The van der Waals surface area contributed by atoms with Gasteiger partial charge in [0, 0.05) is 24.0 Å². The van der Waals surface area contributed by atoms with Crippen LogP contribution in [0.4, 0.5) is 0 Å². The fourth-order valence-electron chi connectivity index (χ4n) is 2.42. The highest BCUT2D eigenvalue weighted by Crippen LogP contribution is 2.16. The fourth-order valence-corrected chi connectivity index (χ4v) is 2.42. The van der Waals surface area contributed by atoms with Gasteiger partial charge in [-0.15, -0.1) is 0 Å². The Bertz CT molecular complexity index is 717. The Labute approximate surface area is 149 Å². The molecule has 2 aromatic rings. The molecule has 0 saturated heterocycles. The number of rotatable bonds is 9. The second kappa shape index (κ2) is 10.2. The maximum atomic E-state index is 10.4. The van der Waals surface area contributed by atoms with Gasteiger partial charge in [-0.05, 0) is 30.4 Å². The number of nitrogens with zero attached hydrogens (tertiary/aromatic N) is 2. The Morgan fingerprint density at radius 3 is 2.40 bits per heavy atom. The van der Waals surface area contributed by atoms with Gasteiger partial charge in [-0.1, -0.05) is 62.3 Å². The van der Waals surface area contributed by atoms with Crippen LogP contribution in [0.25, 0.3) is 11.4 Å². The minimum absolute atomic E-state index is 0.741. The van der Waals surface area contributed by atoms with Crippen LogP contribution in [-0.4, -0.2) is 21.0 Å².